The number of rotatable bonds is 12. The predicted molar refractivity (Wildman–Crippen MR) is 102 cm³/mol. The number of thiocarbonyl (C=S) groups is 1. The molecule has 0 aromatic rings. The van der Waals surface area contributed by atoms with Crippen LogP contribution in [0, 0.1) is 0 Å². The second-order valence-electron chi connectivity index (χ2n) is 6.15. The van der Waals surface area contributed by atoms with Crippen LogP contribution in [0.3, 0.4) is 0 Å². The van der Waals surface area contributed by atoms with E-state index in [1.54, 1.807) is 0 Å². The maximum atomic E-state index is 5.43. The molecule has 0 aromatic heterocycles. The third-order valence-corrected chi connectivity index (χ3v) is 7.70. The van der Waals surface area contributed by atoms with Crippen LogP contribution in [0.1, 0.15) is 90.9 Å². The van der Waals surface area contributed by atoms with E-state index in [9.17, 15) is 0 Å². The molecule has 3 heteroatoms. The molecule has 0 amide bonds. The summed E-state index contributed by atoms with van der Waals surface area (Å²) in [4.78, 5) is 0. The van der Waals surface area contributed by atoms with Crippen LogP contribution >= 0.6 is 35.7 Å². The molecule has 0 atom stereocenters. The van der Waals surface area contributed by atoms with Gasteiger partial charge in [-0.1, -0.05) is 90.3 Å². The molecule has 0 N–H and O–H groups in total. The van der Waals surface area contributed by atoms with Gasteiger partial charge in [0.2, 0.25) is 0 Å². The molecule has 118 valence electrons. The smallest absolute Gasteiger partial charge is 0.104 e. The molecule has 1 aliphatic rings. The summed E-state index contributed by atoms with van der Waals surface area (Å²) in [5, 5.41) is 0. The van der Waals surface area contributed by atoms with Gasteiger partial charge in [0.05, 0.1) is 0 Å². The fourth-order valence-corrected chi connectivity index (χ4v) is 6.48. The third-order valence-electron chi connectivity index (χ3n) is 4.22. The maximum absolute atomic E-state index is 5.43. The molecule has 1 saturated heterocycles. The normalized spacial score (nSPS) is 17.8. The highest BCUT2D eigenvalue weighted by molar-refractivity contribution is 8.49. The molecule has 0 unspecified atom stereocenters. The highest BCUT2D eigenvalue weighted by atomic mass is 32.2. The summed E-state index contributed by atoms with van der Waals surface area (Å²) in [6.07, 6.45) is 16.8. The van der Waals surface area contributed by atoms with Gasteiger partial charge in [-0.25, -0.2) is 0 Å². The lowest BCUT2D eigenvalue weighted by molar-refractivity contribution is 0.477. The first kappa shape index (κ1) is 18.8. The Hall–Kier alpha value is 0.790. The molecule has 0 aliphatic carbocycles. The first-order valence-corrected chi connectivity index (χ1v) is 10.8. The van der Waals surface area contributed by atoms with Crippen molar-refractivity contribution in [2.24, 2.45) is 0 Å². The van der Waals surface area contributed by atoms with Gasteiger partial charge in [-0.3, -0.25) is 0 Å². The van der Waals surface area contributed by atoms with Crippen molar-refractivity contribution in [1.82, 2.24) is 0 Å². The van der Waals surface area contributed by atoms with Gasteiger partial charge in [-0.2, -0.15) is 0 Å². The van der Waals surface area contributed by atoms with Gasteiger partial charge in [0.15, 0.2) is 0 Å². The van der Waals surface area contributed by atoms with Crippen molar-refractivity contribution in [1.29, 1.82) is 0 Å². The lowest BCUT2D eigenvalue weighted by Gasteiger charge is -2.27. The molecule has 1 aliphatic heterocycles. The van der Waals surface area contributed by atoms with E-state index in [1.165, 1.54) is 86.3 Å². The molecule has 0 aromatic carbocycles. The minimum atomic E-state index is 0.500. The van der Waals surface area contributed by atoms with E-state index in [1.807, 2.05) is 23.5 Å². The van der Waals surface area contributed by atoms with Crippen LogP contribution in [0.25, 0.3) is 0 Å². The van der Waals surface area contributed by atoms with Crippen LogP contribution in [0.15, 0.2) is 0 Å². The highest BCUT2D eigenvalue weighted by Gasteiger charge is 2.37. The van der Waals surface area contributed by atoms with Gasteiger partial charge in [0.1, 0.15) is 3.53 Å². The summed E-state index contributed by atoms with van der Waals surface area (Å²) in [5.74, 6) is 1.28. The predicted octanol–water partition coefficient (Wildman–Crippen LogP) is 7.21. The van der Waals surface area contributed by atoms with E-state index < -0.39 is 0 Å². The zero-order chi connectivity index (χ0) is 14.7. The Balaban J connectivity index is 2.25. The van der Waals surface area contributed by atoms with Crippen molar-refractivity contribution < 1.29 is 0 Å². The van der Waals surface area contributed by atoms with Crippen molar-refractivity contribution >= 4 is 39.3 Å². The zero-order valence-electron chi connectivity index (χ0n) is 13.4. The molecule has 0 bridgehead atoms. The first-order valence-electron chi connectivity index (χ1n) is 8.58. The maximum Gasteiger partial charge on any atom is 0.104 e. The lowest BCUT2D eigenvalue weighted by atomic mass is 9.94. The van der Waals surface area contributed by atoms with Crippen LogP contribution in [-0.4, -0.2) is 14.0 Å². The Morgan fingerprint density at radius 3 is 1.75 bits per heavy atom. The molecular weight excluding hydrogens is 300 g/mol. The van der Waals surface area contributed by atoms with Crippen LogP contribution in [0.4, 0.5) is 0 Å². The SMILES string of the molecule is CCCCCCCC1(CCCCCCC)CSC(=S)S1. The average Bonchev–Trinajstić information content (AvgIpc) is 2.80. The fraction of sp³-hybridized carbons (Fsp3) is 0.941. The summed E-state index contributed by atoms with van der Waals surface area (Å²) in [5.41, 5.74) is 0. The number of hydrogen-bond donors (Lipinski definition) is 0. The Kier molecular flexibility index (Phi) is 10.7. The van der Waals surface area contributed by atoms with E-state index in [0.717, 1.165) is 0 Å². The van der Waals surface area contributed by atoms with Crippen LogP contribution in [0.2, 0.25) is 0 Å². The first-order chi connectivity index (χ1) is 9.72. The van der Waals surface area contributed by atoms with Gasteiger partial charge < -0.3 is 0 Å². The molecule has 1 rings (SSSR count). The monoisotopic (exact) mass is 332 g/mol. The lowest BCUT2D eigenvalue weighted by Crippen LogP contribution is -2.24. The van der Waals surface area contributed by atoms with Gasteiger partial charge in [0, 0.05) is 10.5 Å². The Morgan fingerprint density at radius 2 is 1.35 bits per heavy atom. The van der Waals surface area contributed by atoms with Crippen molar-refractivity contribution in [3.8, 4) is 0 Å². The topological polar surface area (TPSA) is 0 Å². The summed E-state index contributed by atoms with van der Waals surface area (Å²) >= 11 is 9.40. The molecule has 0 radical (unpaired) electrons. The van der Waals surface area contributed by atoms with Gasteiger partial charge in [-0.15, -0.1) is 23.5 Å². The summed E-state index contributed by atoms with van der Waals surface area (Å²) in [6, 6.07) is 0. The minimum absolute atomic E-state index is 0.500. The summed E-state index contributed by atoms with van der Waals surface area (Å²) in [7, 11) is 0. The minimum Gasteiger partial charge on any atom is -0.106 e. The molecular formula is C17H32S3. The number of thioether (sulfide) groups is 2. The van der Waals surface area contributed by atoms with Crippen molar-refractivity contribution in [2.45, 2.75) is 95.6 Å². The van der Waals surface area contributed by atoms with E-state index in [2.05, 4.69) is 13.8 Å². The quantitative estimate of drug-likeness (QED) is 0.274. The van der Waals surface area contributed by atoms with E-state index in [0.29, 0.717) is 4.75 Å². The standard InChI is InChI=1S/C17H32S3/c1-3-5-7-9-11-13-17(15-19-16(18)20-17)14-12-10-8-6-4-2/h3-15H2,1-2H3. The Morgan fingerprint density at radius 1 is 0.850 bits per heavy atom. The van der Waals surface area contributed by atoms with Gasteiger partial charge in [-0.05, 0) is 12.8 Å². The number of unbranched alkanes of at least 4 members (excludes halogenated alkanes) is 8. The summed E-state index contributed by atoms with van der Waals surface area (Å²) in [6.45, 7) is 4.58. The van der Waals surface area contributed by atoms with Gasteiger partial charge >= 0.3 is 0 Å². The molecule has 1 heterocycles. The van der Waals surface area contributed by atoms with Crippen LogP contribution < -0.4 is 0 Å². The highest BCUT2D eigenvalue weighted by Crippen LogP contribution is 2.48. The van der Waals surface area contributed by atoms with Crippen molar-refractivity contribution in [3.05, 3.63) is 0 Å². The molecule has 0 saturated carbocycles. The summed E-state index contributed by atoms with van der Waals surface area (Å²) < 4.78 is 1.70. The molecule has 0 nitrogen and oxygen atoms in total. The number of hydrogen-bond acceptors (Lipinski definition) is 3. The second-order valence-corrected chi connectivity index (χ2v) is 9.80. The van der Waals surface area contributed by atoms with Gasteiger partial charge in [0.25, 0.3) is 0 Å². The fourth-order valence-electron chi connectivity index (χ4n) is 2.90. The van der Waals surface area contributed by atoms with E-state index in [-0.39, 0.29) is 0 Å². The Bertz CT molecular complexity index is 249. The zero-order valence-corrected chi connectivity index (χ0v) is 15.9. The molecule has 0 spiro atoms. The Labute approximate surface area is 140 Å². The van der Waals surface area contributed by atoms with Crippen LogP contribution in [-0.2, 0) is 0 Å². The molecule has 20 heavy (non-hydrogen) atoms. The van der Waals surface area contributed by atoms with Crippen molar-refractivity contribution in [2.75, 3.05) is 5.75 Å². The average molecular weight is 333 g/mol. The second kappa shape index (κ2) is 11.4. The van der Waals surface area contributed by atoms with E-state index in [4.69, 9.17) is 12.2 Å². The van der Waals surface area contributed by atoms with E-state index >= 15 is 0 Å². The molecule has 1 fully saturated rings. The van der Waals surface area contributed by atoms with Crippen LogP contribution in [0.5, 0.6) is 0 Å². The third kappa shape index (κ3) is 7.70. The van der Waals surface area contributed by atoms with Crippen molar-refractivity contribution in [3.63, 3.8) is 0 Å². The largest absolute Gasteiger partial charge is 0.106 e.